The molecule has 1 saturated heterocycles. The van der Waals surface area contributed by atoms with Crippen molar-refractivity contribution in [2.24, 2.45) is 0 Å². The molecular weight excluding hydrogens is 409 g/mol. The van der Waals surface area contributed by atoms with Crippen LogP contribution in [0.3, 0.4) is 0 Å². The molecule has 2 amide bonds. The molecule has 1 N–H and O–H groups in total. The fourth-order valence-electron chi connectivity index (χ4n) is 3.74. The Bertz CT molecular complexity index is 894. The number of hydrogen-bond acceptors (Lipinski definition) is 4. The monoisotopic (exact) mass is 433 g/mol. The lowest BCUT2D eigenvalue weighted by atomic mass is 10.2. The van der Waals surface area contributed by atoms with Crippen LogP contribution in [0.1, 0.15) is 17.5 Å². The summed E-state index contributed by atoms with van der Waals surface area (Å²) in [5.74, 6) is 0.952. The quantitative estimate of drug-likeness (QED) is 0.799. The average Bonchev–Trinajstić information content (AvgIpc) is 2.99. The predicted octanol–water partition coefficient (Wildman–Crippen LogP) is 3.67. The smallest absolute Gasteiger partial charge is 0.317 e. The van der Waals surface area contributed by atoms with Gasteiger partial charge in [0.15, 0.2) is 11.5 Å². The number of fused-ring (bicyclic) bond motifs is 1. The number of nitrogens with one attached hydrogen (secondary N) is 1. The van der Waals surface area contributed by atoms with Crippen molar-refractivity contribution in [2.75, 3.05) is 39.4 Å². The molecule has 30 heavy (non-hydrogen) atoms. The maximum absolute atomic E-state index is 13.1. The highest BCUT2D eigenvalue weighted by Crippen LogP contribution is 2.38. The Hall–Kier alpha value is -2.51. The zero-order valence-corrected chi connectivity index (χ0v) is 17.5. The van der Waals surface area contributed by atoms with Crippen molar-refractivity contribution >= 4 is 17.6 Å². The Balaban J connectivity index is 1.29. The molecule has 0 saturated carbocycles. The van der Waals surface area contributed by atoms with Gasteiger partial charge in [-0.05, 0) is 41.8 Å². The van der Waals surface area contributed by atoms with Gasteiger partial charge < -0.3 is 19.7 Å². The number of benzene rings is 2. The second-order valence-corrected chi connectivity index (χ2v) is 7.91. The molecule has 1 fully saturated rings. The van der Waals surface area contributed by atoms with Gasteiger partial charge in [0.2, 0.25) is 0 Å². The van der Waals surface area contributed by atoms with E-state index >= 15 is 0 Å². The number of nitrogens with zero attached hydrogens (tertiary/aromatic N) is 2. The van der Waals surface area contributed by atoms with E-state index in [4.69, 9.17) is 21.1 Å². The Morgan fingerprint density at radius 3 is 2.67 bits per heavy atom. The standard InChI is InChI=1S/C22H25ClFN3O3/c23-19-12-17(13-20-21(19)30-11-10-29-20)14-25-22(28)27-7-1-6-26(8-9-27)15-16-2-4-18(24)5-3-16/h2-5,12-13H,1,6-11,14-15H2,(H,25,28). The van der Waals surface area contributed by atoms with Gasteiger partial charge in [-0.1, -0.05) is 23.7 Å². The maximum Gasteiger partial charge on any atom is 0.317 e. The number of carbonyl (C=O) groups excluding carboxylic acids is 1. The summed E-state index contributed by atoms with van der Waals surface area (Å²) < 4.78 is 24.2. The van der Waals surface area contributed by atoms with Gasteiger partial charge in [0, 0.05) is 39.3 Å². The van der Waals surface area contributed by atoms with Crippen molar-refractivity contribution in [1.82, 2.24) is 15.1 Å². The number of ether oxygens (including phenoxy) is 2. The fraction of sp³-hybridized carbons (Fsp3) is 0.409. The van der Waals surface area contributed by atoms with Gasteiger partial charge in [-0.15, -0.1) is 0 Å². The van der Waals surface area contributed by atoms with E-state index in [2.05, 4.69) is 10.2 Å². The van der Waals surface area contributed by atoms with E-state index in [0.717, 1.165) is 37.2 Å². The van der Waals surface area contributed by atoms with Gasteiger partial charge in [-0.2, -0.15) is 0 Å². The molecule has 0 spiro atoms. The van der Waals surface area contributed by atoms with Crippen LogP contribution in [0.4, 0.5) is 9.18 Å². The van der Waals surface area contributed by atoms with Gasteiger partial charge in [0.25, 0.3) is 0 Å². The van der Waals surface area contributed by atoms with Crippen LogP contribution in [-0.2, 0) is 13.1 Å². The molecule has 0 aromatic heterocycles. The van der Waals surface area contributed by atoms with Gasteiger partial charge in [0.1, 0.15) is 19.0 Å². The number of halogens is 2. The van der Waals surface area contributed by atoms with Crippen LogP contribution < -0.4 is 14.8 Å². The highest BCUT2D eigenvalue weighted by atomic mass is 35.5. The Morgan fingerprint density at radius 1 is 1.03 bits per heavy atom. The summed E-state index contributed by atoms with van der Waals surface area (Å²) in [5.41, 5.74) is 1.94. The molecule has 0 radical (unpaired) electrons. The third-order valence-electron chi connectivity index (χ3n) is 5.30. The normalized spacial score (nSPS) is 16.8. The van der Waals surface area contributed by atoms with E-state index in [1.165, 1.54) is 12.1 Å². The Morgan fingerprint density at radius 2 is 1.83 bits per heavy atom. The molecule has 0 aliphatic carbocycles. The minimum absolute atomic E-state index is 0.0929. The van der Waals surface area contributed by atoms with E-state index in [0.29, 0.717) is 49.4 Å². The molecule has 8 heteroatoms. The first-order chi connectivity index (χ1) is 14.6. The summed E-state index contributed by atoms with van der Waals surface area (Å²) in [5, 5.41) is 3.46. The molecule has 2 aliphatic rings. The van der Waals surface area contributed by atoms with Crippen molar-refractivity contribution in [1.29, 1.82) is 0 Å². The van der Waals surface area contributed by atoms with Crippen LogP contribution in [0.25, 0.3) is 0 Å². The van der Waals surface area contributed by atoms with E-state index < -0.39 is 0 Å². The number of amides is 2. The van der Waals surface area contributed by atoms with E-state index in [1.807, 2.05) is 23.1 Å². The summed E-state index contributed by atoms with van der Waals surface area (Å²) in [6, 6.07) is 10.1. The third kappa shape index (κ3) is 5.15. The van der Waals surface area contributed by atoms with E-state index in [1.54, 1.807) is 6.07 Å². The van der Waals surface area contributed by atoms with Crippen molar-refractivity contribution < 1.29 is 18.7 Å². The lowest BCUT2D eigenvalue weighted by molar-refractivity contribution is 0.171. The summed E-state index contributed by atoms with van der Waals surface area (Å²) >= 11 is 6.27. The van der Waals surface area contributed by atoms with Crippen LogP contribution in [0, 0.1) is 5.82 Å². The van der Waals surface area contributed by atoms with Gasteiger partial charge in [-0.25, -0.2) is 9.18 Å². The van der Waals surface area contributed by atoms with Crippen LogP contribution in [0.5, 0.6) is 11.5 Å². The number of hydrogen-bond donors (Lipinski definition) is 1. The molecule has 2 heterocycles. The molecule has 2 aromatic rings. The maximum atomic E-state index is 13.1. The summed E-state index contributed by atoms with van der Waals surface area (Å²) in [6.45, 7) is 5.12. The topological polar surface area (TPSA) is 54.0 Å². The van der Waals surface area contributed by atoms with Crippen molar-refractivity contribution in [3.8, 4) is 11.5 Å². The van der Waals surface area contributed by atoms with E-state index in [9.17, 15) is 9.18 Å². The van der Waals surface area contributed by atoms with Crippen molar-refractivity contribution in [2.45, 2.75) is 19.5 Å². The zero-order valence-electron chi connectivity index (χ0n) is 16.7. The number of urea groups is 1. The lowest BCUT2D eigenvalue weighted by Gasteiger charge is -2.23. The molecule has 2 aromatic carbocycles. The first-order valence-electron chi connectivity index (χ1n) is 10.2. The van der Waals surface area contributed by atoms with E-state index in [-0.39, 0.29) is 11.8 Å². The Labute approximate surface area is 180 Å². The largest absolute Gasteiger partial charge is 0.486 e. The number of rotatable bonds is 4. The van der Waals surface area contributed by atoms with Crippen LogP contribution in [0.15, 0.2) is 36.4 Å². The Kier molecular flexibility index (Phi) is 6.59. The minimum Gasteiger partial charge on any atom is -0.486 e. The fourth-order valence-corrected chi connectivity index (χ4v) is 4.02. The first-order valence-corrected chi connectivity index (χ1v) is 10.5. The average molecular weight is 434 g/mol. The second-order valence-electron chi connectivity index (χ2n) is 7.50. The van der Waals surface area contributed by atoms with Crippen LogP contribution in [0.2, 0.25) is 5.02 Å². The molecule has 0 unspecified atom stereocenters. The van der Waals surface area contributed by atoms with Gasteiger partial charge in [-0.3, -0.25) is 4.90 Å². The predicted molar refractivity (Wildman–Crippen MR) is 113 cm³/mol. The van der Waals surface area contributed by atoms with Crippen LogP contribution in [-0.4, -0.2) is 55.2 Å². The summed E-state index contributed by atoms with van der Waals surface area (Å²) in [4.78, 5) is 16.8. The molecule has 160 valence electrons. The summed E-state index contributed by atoms with van der Waals surface area (Å²) in [6.07, 6.45) is 0.893. The van der Waals surface area contributed by atoms with Gasteiger partial charge in [0.05, 0.1) is 5.02 Å². The highest BCUT2D eigenvalue weighted by molar-refractivity contribution is 6.32. The minimum atomic E-state index is -0.225. The molecular formula is C22H25ClFN3O3. The van der Waals surface area contributed by atoms with Crippen molar-refractivity contribution in [3.63, 3.8) is 0 Å². The second kappa shape index (κ2) is 9.53. The highest BCUT2D eigenvalue weighted by Gasteiger charge is 2.20. The summed E-state index contributed by atoms with van der Waals surface area (Å²) in [7, 11) is 0. The molecule has 6 nitrogen and oxygen atoms in total. The van der Waals surface area contributed by atoms with Crippen LogP contribution >= 0.6 is 11.6 Å². The lowest BCUT2D eigenvalue weighted by Crippen LogP contribution is -2.41. The third-order valence-corrected chi connectivity index (χ3v) is 5.58. The molecule has 0 bridgehead atoms. The molecule has 4 rings (SSSR count). The molecule has 2 aliphatic heterocycles. The molecule has 0 atom stereocenters. The number of carbonyl (C=O) groups is 1. The zero-order chi connectivity index (χ0) is 20.9. The SMILES string of the molecule is O=C(NCc1cc(Cl)c2c(c1)OCCO2)N1CCCN(Cc2ccc(F)cc2)CC1. The first kappa shape index (κ1) is 20.8. The van der Waals surface area contributed by atoms with Gasteiger partial charge >= 0.3 is 6.03 Å². The van der Waals surface area contributed by atoms with Crippen molar-refractivity contribution in [3.05, 3.63) is 58.4 Å².